The van der Waals surface area contributed by atoms with Gasteiger partial charge in [-0.1, -0.05) is 45.0 Å². The summed E-state index contributed by atoms with van der Waals surface area (Å²) in [6.45, 7) is 9.80. The lowest BCUT2D eigenvalue weighted by Crippen LogP contribution is -2.32. The number of amides is 1. The summed E-state index contributed by atoms with van der Waals surface area (Å²) in [6, 6.07) is 8.11. The van der Waals surface area contributed by atoms with Crippen LogP contribution in [-0.4, -0.2) is 42.2 Å². The van der Waals surface area contributed by atoms with Gasteiger partial charge in [0.2, 0.25) is 5.91 Å². The second kappa shape index (κ2) is 7.08. The largest absolute Gasteiger partial charge is 0.388 e. The SMILES string of the molecule is CC(C)(C)c1ccc([C@@H](O)CCC(=O)N2CC[C@]3(CCOC3)C2)cc1. The van der Waals surface area contributed by atoms with Crippen molar-refractivity contribution in [2.24, 2.45) is 5.41 Å². The summed E-state index contributed by atoms with van der Waals surface area (Å²) < 4.78 is 5.52. The monoisotopic (exact) mass is 345 g/mol. The van der Waals surface area contributed by atoms with Crippen molar-refractivity contribution < 1.29 is 14.6 Å². The van der Waals surface area contributed by atoms with Gasteiger partial charge in [-0.05, 0) is 35.8 Å². The maximum absolute atomic E-state index is 12.5. The van der Waals surface area contributed by atoms with E-state index in [9.17, 15) is 9.90 Å². The first-order valence-corrected chi connectivity index (χ1v) is 9.43. The predicted molar refractivity (Wildman–Crippen MR) is 98.4 cm³/mol. The van der Waals surface area contributed by atoms with Gasteiger partial charge in [0.1, 0.15) is 0 Å². The molecule has 2 fully saturated rings. The fraction of sp³-hybridized carbons (Fsp3) is 0.667. The fourth-order valence-electron chi connectivity index (χ4n) is 3.91. The zero-order chi connectivity index (χ0) is 18.1. The number of aliphatic hydroxyl groups is 1. The summed E-state index contributed by atoms with van der Waals surface area (Å²) in [4.78, 5) is 14.4. The molecule has 1 spiro atoms. The van der Waals surface area contributed by atoms with Crippen molar-refractivity contribution in [3.63, 3.8) is 0 Å². The predicted octanol–water partition coefficient (Wildman–Crippen LogP) is 3.44. The van der Waals surface area contributed by atoms with Gasteiger partial charge in [0.05, 0.1) is 12.7 Å². The molecule has 0 bridgehead atoms. The molecule has 1 aromatic carbocycles. The summed E-state index contributed by atoms with van der Waals surface area (Å²) in [7, 11) is 0. The Kier molecular flexibility index (Phi) is 5.21. The summed E-state index contributed by atoms with van der Waals surface area (Å²) in [5.41, 5.74) is 2.45. The normalized spacial score (nSPS) is 24.9. The van der Waals surface area contributed by atoms with Crippen molar-refractivity contribution in [3.8, 4) is 0 Å². The summed E-state index contributed by atoms with van der Waals surface area (Å²) in [5.74, 6) is 0.161. The molecule has 2 saturated heterocycles. The summed E-state index contributed by atoms with van der Waals surface area (Å²) >= 11 is 0. The third-order valence-electron chi connectivity index (χ3n) is 5.77. The van der Waals surface area contributed by atoms with Crippen LogP contribution in [0.15, 0.2) is 24.3 Å². The van der Waals surface area contributed by atoms with E-state index in [0.717, 1.165) is 44.7 Å². The number of likely N-dealkylation sites (tertiary alicyclic amines) is 1. The Hall–Kier alpha value is -1.39. The Balaban J connectivity index is 1.50. The van der Waals surface area contributed by atoms with Crippen LogP contribution in [-0.2, 0) is 14.9 Å². The van der Waals surface area contributed by atoms with E-state index in [1.807, 2.05) is 17.0 Å². The lowest BCUT2D eigenvalue weighted by molar-refractivity contribution is -0.131. The van der Waals surface area contributed by atoms with E-state index in [2.05, 4.69) is 32.9 Å². The van der Waals surface area contributed by atoms with E-state index in [0.29, 0.717) is 12.8 Å². The highest BCUT2D eigenvalue weighted by molar-refractivity contribution is 5.76. The van der Waals surface area contributed by atoms with Crippen molar-refractivity contribution in [1.82, 2.24) is 4.90 Å². The van der Waals surface area contributed by atoms with Gasteiger partial charge >= 0.3 is 0 Å². The van der Waals surface area contributed by atoms with Gasteiger partial charge in [-0.25, -0.2) is 0 Å². The van der Waals surface area contributed by atoms with E-state index in [1.165, 1.54) is 5.56 Å². The van der Waals surface area contributed by atoms with Crippen molar-refractivity contribution in [2.75, 3.05) is 26.3 Å². The van der Waals surface area contributed by atoms with Crippen LogP contribution in [0.3, 0.4) is 0 Å². The molecule has 0 unspecified atom stereocenters. The number of hydrogen-bond acceptors (Lipinski definition) is 3. The molecule has 4 nitrogen and oxygen atoms in total. The van der Waals surface area contributed by atoms with Gasteiger partial charge in [-0.3, -0.25) is 4.79 Å². The smallest absolute Gasteiger partial charge is 0.222 e. The van der Waals surface area contributed by atoms with Gasteiger partial charge in [0, 0.05) is 31.5 Å². The van der Waals surface area contributed by atoms with E-state index in [1.54, 1.807) is 0 Å². The molecule has 3 rings (SSSR count). The summed E-state index contributed by atoms with van der Waals surface area (Å²) in [6.07, 6.45) is 2.42. The zero-order valence-electron chi connectivity index (χ0n) is 15.8. The maximum atomic E-state index is 12.5. The molecule has 1 aromatic rings. The number of carbonyl (C=O) groups excluding carboxylic acids is 1. The van der Waals surface area contributed by atoms with Crippen LogP contribution in [0.1, 0.15) is 63.7 Å². The molecular weight excluding hydrogens is 314 g/mol. The molecule has 138 valence electrons. The Morgan fingerprint density at radius 1 is 1.28 bits per heavy atom. The molecule has 1 amide bonds. The molecule has 4 heteroatoms. The Morgan fingerprint density at radius 2 is 2.00 bits per heavy atom. The third-order valence-corrected chi connectivity index (χ3v) is 5.77. The van der Waals surface area contributed by atoms with Crippen LogP contribution in [0.5, 0.6) is 0 Å². The van der Waals surface area contributed by atoms with Gasteiger partial charge in [-0.15, -0.1) is 0 Å². The second-order valence-electron chi connectivity index (χ2n) is 8.79. The minimum atomic E-state index is -0.579. The standard InChI is InChI=1S/C21H31NO3/c1-20(2,3)17-6-4-16(5-7-17)18(23)8-9-19(24)22-12-10-21(14-22)11-13-25-15-21/h4-7,18,23H,8-15H2,1-3H3/t18-,21-/m0/s1. The van der Waals surface area contributed by atoms with E-state index in [-0.39, 0.29) is 16.7 Å². The van der Waals surface area contributed by atoms with Crippen LogP contribution in [0.25, 0.3) is 0 Å². The van der Waals surface area contributed by atoms with E-state index in [4.69, 9.17) is 4.74 Å². The molecule has 2 aliphatic rings. The first-order valence-electron chi connectivity index (χ1n) is 9.43. The molecule has 2 aliphatic heterocycles. The fourth-order valence-corrected chi connectivity index (χ4v) is 3.91. The Labute approximate surface area is 151 Å². The highest BCUT2D eigenvalue weighted by Crippen LogP contribution is 2.38. The lowest BCUT2D eigenvalue weighted by atomic mass is 9.86. The van der Waals surface area contributed by atoms with Crippen LogP contribution in [0, 0.1) is 5.41 Å². The average molecular weight is 345 g/mol. The van der Waals surface area contributed by atoms with Crippen LogP contribution < -0.4 is 0 Å². The number of ether oxygens (including phenoxy) is 1. The first kappa shape index (κ1) is 18.4. The molecule has 25 heavy (non-hydrogen) atoms. The van der Waals surface area contributed by atoms with Crippen molar-refractivity contribution in [3.05, 3.63) is 35.4 Å². The molecule has 2 atom stereocenters. The topological polar surface area (TPSA) is 49.8 Å². The number of rotatable bonds is 4. The average Bonchev–Trinajstić information content (AvgIpc) is 3.22. The minimum Gasteiger partial charge on any atom is -0.388 e. The number of aliphatic hydroxyl groups excluding tert-OH is 1. The van der Waals surface area contributed by atoms with Crippen molar-refractivity contribution in [2.45, 2.75) is 58.0 Å². The Morgan fingerprint density at radius 3 is 2.60 bits per heavy atom. The third kappa shape index (κ3) is 4.24. The van der Waals surface area contributed by atoms with Crippen LogP contribution in [0.4, 0.5) is 0 Å². The number of carbonyl (C=O) groups is 1. The lowest BCUT2D eigenvalue weighted by Gasteiger charge is -2.22. The molecule has 0 radical (unpaired) electrons. The molecular formula is C21H31NO3. The second-order valence-corrected chi connectivity index (χ2v) is 8.79. The highest BCUT2D eigenvalue weighted by Gasteiger charge is 2.42. The minimum absolute atomic E-state index is 0.106. The molecule has 0 aliphatic carbocycles. The quantitative estimate of drug-likeness (QED) is 0.909. The van der Waals surface area contributed by atoms with Crippen molar-refractivity contribution >= 4 is 5.91 Å². The zero-order valence-corrected chi connectivity index (χ0v) is 15.8. The number of benzene rings is 1. The van der Waals surface area contributed by atoms with Crippen LogP contribution in [0.2, 0.25) is 0 Å². The molecule has 1 N–H and O–H groups in total. The van der Waals surface area contributed by atoms with Crippen molar-refractivity contribution in [1.29, 1.82) is 0 Å². The maximum Gasteiger partial charge on any atom is 0.222 e. The number of nitrogens with zero attached hydrogens (tertiary/aromatic N) is 1. The molecule has 0 aromatic heterocycles. The molecule has 0 saturated carbocycles. The van der Waals surface area contributed by atoms with E-state index < -0.39 is 6.10 Å². The van der Waals surface area contributed by atoms with Gasteiger partial charge in [-0.2, -0.15) is 0 Å². The number of hydrogen-bond donors (Lipinski definition) is 1. The molecule has 2 heterocycles. The first-order chi connectivity index (χ1) is 11.8. The van der Waals surface area contributed by atoms with Gasteiger partial charge in [0.15, 0.2) is 0 Å². The van der Waals surface area contributed by atoms with E-state index >= 15 is 0 Å². The summed E-state index contributed by atoms with van der Waals surface area (Å²) in [5, 5.41) is 10.4. The highest BCUT2D eigenvalue weighted by atomic mass is 16.5. The van der Waals surface area contributed by atoms with Gasteiger partial charge in [0.25, 0.3) is 0 Å². The van der Waals surface area contributed by atoms with Gasteiger partial charge < -0.3 is 14.7 Å². The Bertz CT molecular complexity index is 597. The van der Waals surface area contributed by atoms with Crippen LogP contribution >= 0.6 is 0 Å².